The fourth-order valence-corrected chi connectivity index (χ4v) is 3.37. The lowest BCUT2D eigenvalue weighted by atomic mass is 10.1. The van der Waals surface area contributed by atoms with Crippen LogP contribution in [0.25, 0.3) is 0 Å². The summed E-state index contributed by atoms with van der Waals surface area (Å²) in [6.07, 6.45) is 0. The zero-order chi connectivity index (χ0) is 15.4. The van der Waals surface area contributed by atoms with Gasteiger partial charge in [0.15, 0.2) is 5.13 Å². The predicted molar refractivity (Wildman–Crippen MR) is 87.5 cm³/mol. The van der Waals surface area contributed by atoms with Crippen molar-refractivity contribution in [3.8, 4) is 0 Å². The molecule has 0 radical (unpaired) electrons. The number of rotatable bonds is 6. The molecule has 5 heteroatoms. The minimum absolute atomic E-state index is 0.200. The van der Waals surface area contributed by atoms with Gasteiger partial charge < -0.3 is 10.2 Å². The van der Waals surface area contributed by atoms with Gasteiger partial charge in [-0.05, 0) is 30.7 Å². The van der Waals surface area contributed by atoms with E-state index in [4.69, 9.17) is 4.98 Å². The molecule has 0 unspecified atom stereocenters. The Balaban J connectivity index is 2.16. The quantitative estimate of drug-likeness (QED) is 0.880. The van der Waals surface area contributed by atoms with Gasteiger partial charge in [0.25, 0.3) is 0 Å². The largest absolute Gasteiger partial charge is 0.347 e. The number of benzene rings is 1. The first kappa shape index (κ1) is 15.9. The molecule has 0 bridgehead atoms. The number of hydrogen-bond acceptors (Lipinski definition) is 4. The number of thiazole rings is 1. The van der Waals surface area contributed by atoms with Crippen molar-refractivity contribution in [1.29, 1.82) is 0 Å². The van der Waals surface area contributed by atoms with Crippen LogP contribution >= 0.6 is 11.3 Å². The van der Waals surface area contributed by atoms with E-state index in [1.165, 1.54) is 17.0 Å². The molecule has 0 atom stereocenters. The smallest absolute Gasteiger partial charge is 0.185 e. The Kier molecular flexibility index (Phi) is 5.31. The minimum Gasteiger partial charge on any atom is -0.347 e. The molecule has 2 rings (SSSR count). The van der Waals surface area contributed by atoms with Crippen LogP contribution in [0.3, 0.4) is 0 Å². The summed E-state index contributed by atoms with van der Waals surface area (Å²) < 4.78 is 12.9. The molecule has 0 saturated heterocycles. The number of hydrogen-bond donors (Lipinski definition) is 1. The molecule has 1 N–H and O–H groups in total. The highest BCUT2D eigenvalue weighted by molar-refractivity contribution is 7.15. The van der Waals surface area contributed by atoms with Gasteiger partial charge in [0, 0.05) is 25.0 Å². The monoisotopic (exact) mass is 307 g/mol. The molecule has 114 valence electrons. The highest BCUT2D eigenvalue weighted by Gasteiger charge is 2.16. The van der Waals surface area contributed by atoms with E-state index in [2.05, 4.69) is 24.1 Å². The number of anilines is 1. The van der Waals surface area contributed by atoms with E-state index in [0.29, 0.717) is 5.92 Å². The SMILES string of the molecule is CNCc1sc(N(C)Cc2ccc(F)cc2)nc1C(C)C. The Bertz CT molecular complexity index is 578. The topological polar surface area (TPSA) is 28.2 Å². The predicted octanol–water partition coefficient (Wildman–Crippen LogP) is 3.76. The molecule has 0 amide bonds. The maximum Gasteiger partial charge on any atom is 0.185 e. The first-order valence-corrected chi connectivity index (χ1v) is 7.92. The van der Waals surface area contributed by atoms with E-state index < -0.39 is 0 Å². The van der Waals surface area contributed by atoms with Crippen LogP contribution in [0.2, 0.25) is 0 Å². The molecular formula is C16H22FN3S. The van der Waals surface area contributed by atoms with E-state index in [1.54, 1.807) is 11.3 Å². The fourth-order valence-electron chi connectivity index (χ4n) is 2.18. The third-order valence-electron chi connectivity index (χ3n) is 3.26. The number of halogens is 1. The van der Waals surface area contributed by atoms with Gasteiger partial charge in [-0.3, -0.25) is 0 Å². The van der Waals surface area contributed by atoms with Crippen LogP contribution in [-0.2, 0) is 13.1 Å². The van der Waals surface area contributed by atoms with Gasteiger partial charge in [0.05, 0.1) is 5.69 Å². The molecule has 0 fully saturated rings. The van der Waals surface area contributed by atoms with Gasteiger partial charge >= 0.3 is 0 Å². The zero-order valence-electron chi connectivity index (χ0n) is 13.0. The van der Waals surface area contributed by atoms with E-state index in [9.17, 15) is 4.39 Å². The lowest BCUT2D eigenvalue weighted by molar-refractivity contribution is 0.627. The molecule has 1 heterocycles. The summed E-state index contributed by atoms with van der Waals surface area (Å²) in [4.78, 5) is 8.17. The van der Waals surface area contributed by atoms with Gasteiger partial charge in [-0.2, -0.15) is 0 Å². The summed E-state index contributed by atoms with van der Waals surface area (Å²) >= 11 is 1.72. The van der Waals surface area contributed by atoms with Crippen molar-refractivity contribution in [1.82, 2.24) is 10.3 Å². The van der Waals surface area contributed by atoms with Crippen molar-refractivity contribution >= 4 is 16.5 Å². The van der Waals surface area contributed by atoms with E-state index in [0.717, 1.165) is 29.5 Å². The summed E-state index contributed by atoms with van der Waals surface area (Å²) in [6, 6.07) is 6.63. The second kappa shape index (κ2) is 7.00. The van der Waals surface area contributed by atoms with Gasteiger partial charge in [-0.1, -0.05) is 26.0 Å². The van der Waals surface area contributed by atoms with Crippen LogP contribution in [0.1, 0.15) is 35.9 Å². The molecule has 0 saturated carbocycles. The lowest BCUT2D eigenvalue weighted by Crippen LogP contribution is -2.16. The average Bonchev–Trinajstić information content (AvgIpc) is 2.86. The second-order valence-electron chi connectivity index (χ2n) is 5.47. The summed E-state index contributed by atoms with van der Waals surface area (Å²) in [6.45, 7) is 5.90. The van der Waals surface area contributed by atoms with Crippen molar-refractivity contribution < 1.29 is 4.39 Å². The third kappa shape index (κ3) is 4.02. The molecule has 3 nitrogen and oxygen atoms in total. The van der Waals surface area contributed by atoms with Gasteiger partial charge in [0.2, 0.25) is 0 Å². The summed E-state index contributed by atoms with van der Waals surface area (Å²) in [5, 5.41) is 4.21. The Morgan fingerprint density at radius 1 is 1.29 bits per heavy atom. The van der Waals surface area contributed by atoms with Crippen molar-refractivity contribution in [2.75, 3.05) is 19.0 Å². The molecular weight excluding hydrogens is 285 g/mol. The summed E-state index contributed by atoms with van der Waals surface area (Å²) in [7, 11) is 3.97. The van der Waals surface area contributed by atoms with Crippen LogP contribution in [0.5, 0.6) is 0 Å². The summed E-state index contributed by atoms with van der Waals surface area (Å²) in [5.74, 6) is 0.214. The summed E-state index contributed by atoms with van der Waals surface area (Å²) in [5.41, 5.74) is 2.24. The van der Waals surface area contributed by atoms with Gasteiger partial charge in [-0.15, -0.1) is 11.3 Å². The van der Waals surface area contributed by atoms with Crippen LogP contribution < -0.4 is 10.2 Å². The standard InChI is InChI=1S/C16H22FN3S/c1-11(2)15-14(9-18-3)21-16(19-15)20(4)10-12-5-7-13(17)8-6-12/h5-8,11,18H,9-10H2,1-4H3. The van der Waals surface area contributed by atoms with Crippen LogP contribution in [0.15, 0.2) is 24.3 Å². The number of aromatic nitrogens is 1. The molecule has 0 aliphatic rings. The van der Waals surface area contributed by atoms with Crippen LogP contribution in [0.4, 0.5) is 9.52 Å². The van der Waals surface area contributed by atoms with Crippen molar-refractivity contribution in [3.05, 3.63) is 46.2 Å². The molecule has 1 aromatic heterocycles. The van der Waals surface area contributed by atoms with E-state index >= 15 is 0 Å². The Morgan fingerprint density at radius 2 is 1.95 bits per heavy atom. The maximum absolute atomic E-state index is 12.9. The molecule has 1 aromatic carbocycles. The molecule has 2 aromatic rings. The third-order valence-corrected chi connectivity index (χ3v) is 4.45. The number of nitrogens with zero attached hydrogens (tertiary/aromatic N) is 2. The van der Waals surface area contributed by atoms with Gasteiger partial charge in [-0.25, -0.2) is 9.37 Å². The van der Waals surface area contributed by atoms with Crippen molar-refractivity contribution in [2.45, 2.75) is 32.9 Å². The van der Waals surface area contributed by atoms with Crippen LogP contribution in [0, 0.1) is 5.82 Å². The van der Waals surface area contributed by atoms with E-state index in [1.807, 2.05) is 26.2 Å². The zero-order valence-corrected chi connectivity index (χ0v) is 13.8. The average molecular weight is 307 g/mol. The lowest BCUT2D eigenvalue weighted by Gasteiger charge is -2.15. The minimum atomic E-state index is -0.200. The van der Waals surface area contributed by atoms with Crippen LogP contribution in [-0.4, -0.2) is 19.1 Å². The Labute approximate surface area is 129 Å². The fraction of sp³-hybridized carbons (Fsp3) is 0.438. The number of nitrogens with one attached hydrogen (secondary N) is 1. The highest BCUT2D eigenvalue weighted by atomic mass is 32.1. The van der Waals surface area contributed by atoms with Gasteiger partial charge in [0.1, 0.15) is 5.82 Å². The Morgan fingerprint density at radius 3 is 2.52 bits per heavy atom. The molecule has 0 aliphatic heterocycles. The first-order chi connectivity index (χ1) is 10.0. The molecule has 21 heavy (non-hydrogen) atoms. The maximum atomic E-state index is 12.9. The van der Waals surface area contributed by atoms with Crippen molar-refractivity contribution in [2.24, 2.45) is 0 Å². The van der Waals surface area contributed by atoms with E-state index in [-0.39, 0.29) is 5.82 Å². The normalized spacial score (nSPS) is 11.1. The molecule has 0 spiro atoms. The highest BCUT2D eigenvalue weighted by Crippen LogP contribution is 2.30. The van der Waals surface area contributed by atoms with Crippen molar-refractivity contribution in [3.63, 3.8) is 0 Å². The molecule has 0 aliphatic carbocycles. The Hall–Kier alpha value is -1.46. The first-order valence-electron chi connectivity index (χ1n) is 7.11. The second-order valence-corrected chi connectivity index (χ2v) is 6.53.